The third-order valence-electron chi connectivity index (χ3n) is 3.23. The van der Waals surface area contributed by atoms with E-state index < -0.39 is 5.97 Å². The zero-order chi connectivity index (χ0) is 13.4. The number of hydrogen-bond donors (Lipinski definition) is 2. The topological polar surface area (TPSA) is 53.1 Å². The Hall–Kier alpha value is -2.55. The zero-order valence-electron chi connectivity index (χ0n) is 10.5. The molecule has 0 unspecified atom stereocenters. The number of aryl methyl sites for hydroxylation is 1. The van der Waals surface area contributed by atoms with E-state index in [4.69, 9.17) is 0 Å². The van der Waals surface area contributed by atoms with Crippen LogP contribution in [0.2, 0.25) is 0 Å². The first-order valence-electron chi connectivity index (χ1n) is 6.07. The summed E-state index contributed by atoms with van der Waals surface area (Å²) in [6.07, 6.45) is 0. The molecular formula is C16H13NO2. The summed E-state index contributed by atoms with van der Waals surface area (Å²) in [5.74, 6) is -0.909. The Morgan fingerprint density at radius 3 is 2.63 bits per heavy atom. The lowest BCUT2D eigenvalue weighted by Gasteiger charge is -2.05. The first-order valence-corrected chi connectivity index (χ1v) is 6.07. The molecule has 3 nitrogen and oxygen atoms in total. The predicted molar refractivity (Wildman–Crippen MR) is 75.4 cm³/mol. The van der Waals surface area contributed by atoms with Gasteiger partial charge in [0.05, 0.1) is 5.56 Å². The van der Waals surface area contributed by atoms with Gasteiger partial charge in [0.25, 0.3) is 0 Å². The van der Waals surface area contributed by atoms with Gasteiger partial charge in [-0.25, -0.2) is 4.79 Å². The molecular weight excluding hydrogens is 238 g/mol. The summed E-state index contributed by atoms with van der Waals surface area (Å²) in [7, 11) is 0. The lowest BCUT2D eigenvalue weighted by Crippen LogP contribution is -1.99. The minimum absolute atomic E-state index is 0.317. The minimum Gasteiger partial charge on any atom is -0.478 e. The Bertz CT molecular complexity index is 738. The molecule has 2 aromatic carbocycles. The van der Waals surface area contributed by atoms with Crippen molar-refractivity contribution in [3.05, 3.63) is 59.7 Å². The van der Waals surface area contributed by atoms with Crippen LogP contribution in [0.1, 0.15) is 15.9 Å². The van der Waals surface area contributed by atoms with E-state index in [1.54, 1.807) is 6.07 Å². The van der Waals surface area contributed by atoms with Crippen LogP contribution in [0.4, 0.5) is 0 Å². The van der Waals surface area contributed by atoms with Crippen LogP contribution >= 0.6 is 0 Å². The molecule has 0 aliphatic carbocycles. The molecule has 1 heterocycles. The summed E-state index contributed by atoms with van der Waals surface area (Å²) >= 11 is 0. The van der Waals surface area contributed by atoms with E-state index in [-0.39, 0.29) is 0 Å². The molecule has 0 fully saturated rings. The molecule has 3 aromatic rings. The molecule has 94 valence electrons. The molecule has 0 spiro atoms. The third kappa shape index (κ3) is 1.99. The van der Waals surface area contributed by atoms with Gasteiger partial charge in [-0.05, 0) is 31.2 Å². The smallest absolute Gasteiger partial charge is 0.336 e. The molecule has 0 saturated heterocycles. The van der Waals surface area contributed by atoms with Gasteiger partial charge in [0, 0.05) is 22.2 Å². The number of carboxylic acid groups (broad SMARTS) is 1. The number of carboxylic acids is 1. The number of fused-ring (bicyclic) bond motifs is 1. The number of rotatable bonds is 2. The maximum absolute atomic E-state index is 11.3. The largest absolute Gasteiger partial charge is 0.478 e. The average Bonchev–Trinajstić information content (AvgIpc) is 2.81. The van der Waals surface area contributed by atoms with E-state index in [1.807, 2.05) is 49.4 Å². The molecule has 1 aromatic heterocycles. The number of carbonyl (C=O) groups is 1. The van der Waals surface area contributed by atoms with Crippen molar-refractivity contribution < 1.29 is 9.90 Å². The zero-order valence-corrected chi connectivity index (χ0v) is 10.5. The van der Waals surface area contributed by atoms with E-state index >= 15 is 0 Å². The fourth-order valence-corrected chi connectivity index (χ4v) is 2.29. The second-order valence-electron chi connectivity index (χ2n) is 4.62. The number of nitrogens with one attached hydrogen (secondary N) is 1. The summed E-state index contributed by atoms with van der Waals surface area (Å²) in [4.78, 5) is 14.6. The van der Waals surface area contributed by atoms with Crippen LogP contribution in [0.15, 0.2) is 48.5 Å². The van der Waals surface area contributed by atoms with Gasteiger partial charge >= 0.3 is 5.97 Å². The highest BCUT2D eigenvalue weighted by atomic mass is 16.4. The van der Waals surface area contributed by atoms with E-state index in [0.29, 0.717) is 5.56 Å². The predicted octanol–water partition coefficient (Wildman–Crippen LogP) is 3.84. The first-order chi connectivity index (χ1) is 9.15. The first kappa shape index (κ1) is 11.5. The highest BCUT2D eigenvalue weighted by molar-refractivity contribution is 5.97. The molecule has 19 heavy (non-hydrogen) atoms. The summed E-state index contributed by atoms with van der Waals surface area (Å²) < 4.78 is 0. The van der Waals surface area contributed by atoms with Gasteiger partial charge < -0.3 is 10.1 Å². The van der Waals surface area contributed by atoms with Gasteiger partial charge in [-0.3, -0.25) is 0 Å². The van der Waals surface area contributed by atoms with Crippen molar-refractivity contribution in [3.8, 4) is 11.3 Å². The number of para-hydroxylation sites is 1. The van der Waals surface area contributed by atoms with Crippen molar-refractivity contribution in [1.29, 1.82) is 0 Å². The Morgan fingerprint density at radius 2 is 1.89 bits per heavy atom. The number of aromatic amines is 1. The number of H-pyrrole nitrogens is 1. The van der Waals surface area contributed by atoms with Crippen LogP contribution in [-0.2, 0) is 0 Å². The normalized spacial score (nSPS) is 10.8. The van der Waals surface area contributed by atoms with Crippen molar-refractivity contribution in [2.24, 2.45) is 0 Å². The van der Waals surface area contributed by atoms with Crippen LogP contribution in [-0.4, -0.2) is 16.1 Å². The number of aromatic carboxylic acids is 1. The quantitative estimate of drug-likeness (QED) is 0.727. The maximum Gasteiger partial charge on any atom is 0.336 e. The summed E-state index contributed by atoms with van der Waals surface area (Å²) in [6.45, 7) is 1.96. The molecule has 0 amide bonds. The van der Waals surface area contributed by atoms with Crippen molar-refractivity contribution in [3.63, 3.8) is 0 Å². The molecule has 0 bridgehead atoms. The number of hydrogen-bond acceptors (Lipinski definition) is 1. The Morgan fingerprint density at radius 1 is 1.11 bits per heavy atom. The molecule has 3 rings (SSSR count). The monoisotopic (exact) mass is 251 g/mol. The van der Waals surface area contributed by atoms with Crippen molar-refractivity contribution in [1.82, 2.24) is 4.98 Å². The van der Waals surface area contributed by atoms with Crippen LogP contribution in [0.3, 0.4) is 0 Å². The molecule has 2 N–H and O–H groups in total. The van der Waals surface area contributed by atoms with Gasteiger partial charge in [-0.2, -0.15) is 0 Å². The second kappa shape index (κ2) is 4.28. The average molecular weight is 251 g/mol. The SMILES string of the molecule is Cc1ccc(C(=O)O)c(-c2cc3ccccc3[nH]2)c1. The molecule has 0 radical (unpaired) electrons. The highest BCUT2D eigenvalue weighted by Gasteiger charge is 2.13. The fourth-order valence-electron chi connectivity index (χ4n) is 2.29. The third-order valence-corrected chi connectivity index (χ3v) is 3.23. The fraction of sp³-hybridized carbons (Fsp3) is 0.0625. The van der Waals surface area contributed by atoms with Gasteiger partial charge in [0.1, 0.15) is 0 Å². The summed E-state index contributed by atoms with van der Waals surface area (Å²) in [5.41, 5.74) is 3.93. The molecule has 0 aliphatic heterocycles. The summed E-state index contributed by atoms with van der Waals surface area (Å²) in [5, 5.41) is 10.4. The van der Waals surface area contributed by atoms with E-state index in [1.165, 1.54) is 0 Å². The van der Waals surface area contributed by atoms with Gasteiger partial charge in [0.15, 0.2) is 0 Å². The second-order valence-corrected chi connectivity index (χ2v) is 4.62. The standard InChI is InChI=1S/C16H13NO2/c1-10-6-7-12(16(18)19)13(8-10)15-9-11-4-2-3-5-14(11)17-15/h2-9,17H,1H3,(H,18,19). The Kier molecular flexibility index (Phi) is 2.60. The lowest BCUT2D eigenvalue weighted by molar-refractivity contribution is 0.0697. The maximum atomic E-state index is 11.3. The molecule has 0 aliphatic rings. The van der Waals surface area contributed by atoms with Crippen molar-refractivity contribution in [2.75, 3.05) is 0 Å². The number of aromatic nitrogens is 1. The Balaban J connectivity index is 2.25. The van der Waals surface area contributed by atoms with Crippen LogP contribution in [0.5, 0.6) is 0 Å². The van der Waals surface area contributed by atoms with Crippen LogP contribution in [0, 0.1) is 6.92 Å². The molecule has 0 saturated carbocycles. The van der Waals surface area contributed by atoms with Crippen molar-refractivity contribution >= 4 is 16.9 Å². The van der Waals surface area contributed by atoms with E-state index in [0.717, 1.165) is 27.7 Å². The van der Waals surface area contributed by atoms with Gasteiger partial charge in [-0.15, -0.1) is 0 Å². The summed E-state index contributed by atoms with van der Waals surface area (Å²) in [6, 6.07) is 15.3. The molecule has 3 heteroatoms. The van der Waals surface area contributed by atoms with E-state index in [2.05, 4.69) is 4.98 Å². The Labute approximate surface area is 110 Å². The molecule has 0 atom stereocenters. The van der Waals surface area contributed by atoms with Gasteiger partial charge in [-0.1, -0.05) is 29.8 Å². The van der Waals surface area contributed by atoms with Crippen molar-refractivity contribution in [2.45, 2.75) is 6.92 Å². The number of benzene rings is 2. The van der Waals surface area contributed by atoms with E-state index in [9.17, 15) is 9.90 Å². The highest BCUT2D eigenvalue weighted by Crippen LogP contribution is 2.27. The van der Waals surface area contributed by atoms with Gasteiger partial charge in [0.2, 0.25) is 0 Å². The van der Waals surface area contributed by atoms with Crippen LogP contribution < -0.4 is 0 Å². The minimum atomic E-state index is -0.909. The van der Waals surface area contributed by atoms with Crippen LogP contribution in [0.25, 0.3) is 22.2 Å². The lowest BCUT2D eigenvalue weighted by atomic mass is 10.0.